The second-order valence-corrected chi connectivity index (χ2v) is 20.6. The van der Waals surface area contributed by atoms with Crippen LogP contribution < -0.4 is 5.73 Å². The summed E-state index contributed by atoms with van der Waals surface area (Å²) in [7, 11) is 0. The van der Waals surface area contributed by atoms with Gasteiger partial charge in [0.15, 0.2) is 5.78 Å². The van der Waals surface area contributed by atoms with Gasteiger partial charge in [-0.1, -0.05) is 84.4 Å². The lowest BCUT2D eigenvalue weighted by molar-refractivity contribution is -0.235. The molecule has 0 aliphatic heterocycles. The Kier molecular flexibility index (Phi) is 11.0. The molecule has 8 nitrogen and oxygen atoms in total. The predicted octanol–water partition coefficient (Wildman–Crippen LogP) is 8.20. The van der Waals surface area contributed by atoms with Crippen LogP contribution in [0.5, 0.6) is 0 Å². The molecule has 4 fully saturated rings. The second kappa shape index (κ2) is 14.4. The number of ether oxygens (including phenoxy) is 1. The van der Waals surface area contributed by atoms with Crippen LogP contribution in [0, 0.1) is 56.2 Å². The van der Waals surface area contributed by atoms with E-state index in [1.54, 1.807) is 13.8 Å². The molecule has 5 aliphatic rings. The van der Waals surface area contributed by atoms with Gasteiger partial charge >= 0.3 is 11.9 Å². The largest absolute Gasteiger partial charge is 0.481 e. The normalized spacial score (nSPS) is 36.6. The van der Waals surface area contributed by atoms with Crippen LogP contribution in [0.1, 0.15) is 132 Å². The van der Waals surface area contributed by atoms with Crippen LogP contribution in [0.15, 0.2) is 41.5 Å². The lowest BCUT2D eigenvalue weighted by Crippen LogP contribution is -2.66. The molecule has 9 unspecified atom stereocenters. The molecule has 8 heteroatoms. The summed E-state index contributed by atoms with van der Waals surface area (Å²) in [6, 6.07) is 10.4. The highest BCUT2D eigenvalue weighted by Crippen LogP contribution is 2.77. The van der Waals surface area contributed by atoms with Crippen molar-refractivity contribution in [2.75, 3.05) is 19.6 Å². The average Bonchev–Trinajstić information content (AvgIpc) is 3.40. The van der Waals surface area contributed by atoms with E-state index in [1.165, 1.54) is 11.1 Å². The minimum absolute atomic E-state index is 0.0237. The highest BCUT2D eigenvalue weighted by Gasteiger charge is 2.70. The number of nitrogens with two attached hydrogens (primary N) is 1. The van der Waals surface area contributed by atoms with Crippen molar-refractivity contribution in [3.05, 3.63) is 47.0 Å². The number of hydrogen-bond acceptors (Lipinski definition) is 7. The number of aliphatic hydroxyl groups is 1. The lowest BCUT2D eigenvalue weighted by atomic mass is 9.33. The van der Waals surface area contributed by atoms with E-state index in [2.05, 4.69) is 77.6 Å². The highest BCUT2D eigenvalue weighted by molar-refractivity contribution is 6.00. The number of benzene rings is 1. The molecular formula is C46H70N2O6. The fourth-order valence-electron chi connectivity index (χ4n) is 13.6. The maximum absolute atomic E-state index is 14.2. The zero-order chi connectivity index (χ0) is 39.6. The van der Waals surface area contributed by atoms with Crippen LogP contribution in [-0.2, 0) is 25.7 Å². The summed E-state index contributed by atoms with van der Waals surface area (Å²) in [5.41, 5.74) is 7.71. The number of carbonyl (C=O) groups excluding carboxylic acids is 2. The Morgan fingerprint density at radius 2 is 1.63 bits per heavy atom. The van der Waals surface area contributed by atoms with Gasteiger partial charge in [0.1, 0.15) is 6.10 Å². The van der Waals surface area contributed by atoms with Crippen LogP contribution in [0.3, 0.4) is 0 Å². The molecule has 4 saturated carbocycles. The van der Waals surface area contributed by atoms with Crippen molar-refractivity contribution < 1.29 is 29.3 Å². The van der Waals surface area contributed by atoms with E-state index in [4.69, 9.17) is 10.5 Å². The third-order valence-corrected chi connectivity index (χ3v) is 16.6. The molecule has 0 bridgehead atoms. The van der Waals surface area contributed by atoms with E-state index in [9.17, 15) is 24.6 Å². The van der Waals surface area contributed by atoms with Gasteiger partial charge in [-0.25, -0.2) is 0 Å². The minimum Gasteiger partial charge on any atom is -0.481 e. The van der Waals surface area contributed by atoms with E-state index >= 15 is 0 Å². The van der Waals surface area contributed by atoms with Crippen molar-refractivity contribution in [1.82, 2.24) is 4.90 Å². The molecule has 9 atom stereocenters. The molecule has 4 N–H and O–H groups in total. The third kappa shape index (κ3) is 6.52. The smallest absolute Gasteiger partial charge is 0.309 e. The first-order valence-electron chi connectivity index (χ1n) is 21.0. The van der Waals surface area contributed by atoms with Crippen LogP contribution in [-0.4, -0.2) is 64.7 Å². The van der Waals surface area contributed by atoms with Crippen LogP contribution in [0.25, 0.3) is 0 Å². The molecule has 0 saturated heterocycles. The molecule has 5 aliphatic carbocycles. The van der Waals surface area contributed by atoms with Gasteiger partial charge in [0.05, 0.1) is 17.9 Å². The van der Waals surface area contributed by atoms with Crippen molar-refractivity contribution in [3.63, 3.8) is 0 Å². The maximum Gasteiger partial charge on any atom is 0.309 e. The van der Waals surface area contributed by atoms with Gasteiger partial charge in [-0.2, -0.15) is 0 Å². The van der Waals surface area contributed by atoms with Gasteiger partial charge in [-0.15, -0.1) is 0 Å². The Labute approximate surface area is 325 Å². The zero-order valence-electron chi connectivity index (χ0n) is 34.8. The molecule has 0 heterocycles. The number of ketones is 1. The van der Waals surface area contributed by atoms with Gasteiger partial charge in [0, 0.05) is 43.4 Å². The predicted molar refractivity (Wildman–Crippen MR) is 212 cm³/mol. The van der Waals surface area contributed by atoms with E-state index in [0.717, 1.165) is 56.9 Å². The molecule has 1 aromatic carbocycles. The number of allylic oxidation sites excluding steroid dienone is 1. The van der Waals surface area contributed by atoms with Gasteiger partial charge in [0.2, 0.25) is 0 Å². The first-order valence-corrected chi connectivity index (χ1v) is 21.0. The highest BCUT2D eigenvalue weighted by atomic mass is 16.5. The summed E-state index contributed by atoms with van der Waals surface area (Å²) in [6.07, 6.45) is 7.15. The number of hydrogen-bond donors (Lipinski definition) is 3. The number of rotatable bonds is 12. The molecule has 1 aromatic rings. The van der Waals surface area contributed by atoms with E-state index in [-0.39, 0.29) is 51.8 Å². The fourth-order valence-corrected chi connectivity index (χ4v) is 13.6. The number of carboxylic acids is 1. The zero-order valence-corrected chi connectivity index (χ0v) is 34.8. The Balaban J connectivity index is 1.29. The summed E-state index contributed by atoms with van der Waals surface area (Å²) >= 11 is 0. The number of carbonyl (C=O) groups is 3. The maximum atomic E-state index is 14.2. The summed E-state index contributed by atoms with van der Waals surface area (Å²) in [5, 5.41) is 22.1. The van der Waals surface area contributed by atoms with Crippen molar-refractivity contribution in [2.45, 2.75) is 145 Å². The fraction of sp³-hybridized carbons (Fsp3) is 0.761. The molecule has 0 spiro atoms. The molecule has 0 amide bonds. The van der Waals surface area contributed by atoms with Gasteiger partial charge in [0.25, 0.3) is 0 Å². The summed E-state index contributed by atoms with van der Waals surface area (Å²) in [6.45, 7) is 22.1. The molecule has 54 heavy (non-hydrogen) atoms. The summed E-state index contributed by atoms with van der Waals surface area (Å²) in [4.78, 5) is 41.4. The van der Waals surface area contributed by atoms with Crippen molar-refractivity contribution in [3.8, 4) is 0 Å². The number of carboxylic acid groups (broad SMARTS) is 1. The average molecular weight is 747 g/mol. The molecule has 6 rings (SSSR count). The Bertz CT molecular complexity index is 1630. The van der Waals surface area contributed by atoms with Gasteiger partial charge in [-0.05, 0) is 116 Å². The van der Waals surface area contributed by atoms with Crippen LogP contribution in [0.4, 0.5) is 0 Å². The van der Waals surface area contributed by atoms with Gasteiger partial charge in [-0.3, -0.25) is 19.3 Å². The first kappa shape index (κ1) is 41.1. The third-order valence-electron chi connectivity index (χ3n) is 16.6. The Morgan fingerprint density at radius 1 is 0.944 bits per heavy atom. The van der Waals surface area contributed by atoms with Crippen LogP contribution in [0.2, 0.25) is 0 Å². The Hall–Kier alpha value is -2.55. The summed E-state index contributed by atoms with van der Waals surface area (Å²) < 4.78 is 6.18. The van der Waals surface area contributed by atoms with E-state index < -0.39 is 28.9 Å². The molecule has 300 valence electrons. The quantitative estimate of drug-likeness (QED) is 0.183. The molecule has 0 aromatic heterocycles. The standard InChI is InChI=1S/C46H70N2O6/c1-29(2)38-32(49)25-46(35(50)28-48(24-23-47)27-30-13-11-10-12-14-30)22-21-44(8)31(39(38)46)15-16-34-43(7)19-18-36(54-37(51)26-41(3,4)40(52)53)42(5,6)33(43)17-20-45(34,44)9/h10-14,29,31,33-36,50H,15-28,47H2,1-9H3,(H,52,53). The topological polar surface area (TPSA) is 130 Å². The number of esters is 1. The van der Waals surface area contributed by atoms with Crippen molar-refractivity contribution >= 4 is 17.7 Å². The van der Waals surface area contributed by atoms with Gasteiger partial charge < -0.3 is 20.7 Å². The Morgan fingerprint density at radius 3 is 2.26 bits per heavy atom. The molecular weight excluding hydrogens is 677 g/mol. The van der Waals surface area contributed by atoms with E-state index in [1.807, 2.05) is 6.07 Å². The number of aliphatic carboxylic acids is 1. The monoisotopic (exact) mass is 747 g/mol. The van der Waals surface area contributed by atoms with E-state index in [0.29, 0.717) is 44.4 Å². The summed E-state index contributed by atoms with van der Waals surface area (Å²) in [5.74, 6) is 0.0186. The lowest BCUT2D eigenvalue weighted by Gasteiger charge is -2.72. The van der Waals surface area contributed by atoms with Crippen molar-refractivity contribution in [1.29, 1.82) is 0 Å². The second-order valence-electron chi connectivity index (χ2n) is 20.6. The first-order chi connectivity index (χ1) is 25.2. The minimum atomic E-state index is -1.17. The number of Topliss-reactive ketones (excluding diaryl/α,β-unsaturated/α-hetero) is 1. The van der Waals surface area contributed by atoms with Crippen LogP contribution >= 0.6 is 0 Å². The number of fused-ring (bicyclic) bond motifs is 7. The SMILES string of the molecule is CC(C)C1=C2C3CCC4C5(C)CCC(OC(=O)CC(C)(C)C(=O)O)C(C)(C)C5CCC4(C)C3(C)CCC2(C(O)CN(CCN)Cc2ccccc2)CC1=O. The van der Waals surface area contributed by atoms with Crippen molar-refractivity contribution in [2.24, 2.45) is 61.9 Å². The number of nitrogens with zero attached hydrogens (tertiary/aromatic N) is 1. The number of aliphatic hydroxyl groups excluding tert-OH is 1. The molecule has 0 radical (unpaired) electrons.